The van der Waals surface area contributed by atoms with Crippen molar-refractivity contribution in [1.29, 1.82) is 0 Å². The van der Waals surface area contributed by atoms with Crippen LogP contribution in [0.2, 0.25) is 0 Å². The Morgan fingerprint density at radius 1 is 1.50 bits per heavy atom. The third-order valence-electron chi connectivity index (χ3n) is 3.82. The first-order chi connectivity index (χ1) is 8.67. The fraction of sp³-hybridized carbons (Fsp3) is 0.692. The highest BCUT2D eigenvalue weighted by Crippen LogP contribution is 2.17. The smallest absolute Gasteiger partial charge is 0.293 e. The molecule has 2 rings (SSSR count). The van der Waals surface area contributed by atoms with Crippen LogP contribution < -0.4 is 10.5 Å². The van der Waals surface area contributed by atoms with Gasteiger partial charge in [-0.25, -0.2) is 4.98 Å². The maximum absolute atomic E-state index is 12.2. The predicted molar refractivity (Wildman–Crippen MR) is 73.1 cm³/mol. The van der Waals surface area contributed by atoms with E-state index >= 15 is 0 Å². The van der Waals surface area contributed by atoms with Gasteiger partial charge in [-0.15, -0.1) is 0 Å². The third kappa shape index (κ3) is 2.41. The van der Waals surface area contributed by atoms with Gasteiger partial charge >= 0.3 is 0 Å². The highest BCUT2D eigenvalue weighted by atomic mass is 16.1. The molecule has 1 aliphatic heterocycles. The first-order valence-electron chi connectivity index (χ1n) is 6.68. The lowest BCUT2D eigenvalue weighted by Gasteiger charge is -2.23. The van der Waals surface area contributed by atoms with Crippen molar-refractivity contribution in [3.8, 4) is 0 Å². The van der Waals surface area contributed by atoms with Crippen molar-refractivity contribution in [3.63, 3.8) is 0 Å². The Morgan fingerprint density at radius 2 is 2.28 bits per heavy atom. The van der Waals surface area contributed by atoms with Gasteiger partial charge in [0.1, 0.15) is 0 Å². The van der Waals surface area contributed by atoms with E-state index in [1.807, 2.05) is 6.92 Å². The van der Waals surface area contributed by atoms with Crippen LogP contribution in [0.3, 0.4) is 0 Å². The third-order valence-corrected chi connectivity index (χ3v) is 3.82. The maximum Gasteiger partial charge on any atom is 0.293 e. The van der Waals surface area contributed by atoms with Gasteiger partial charge in [0, 0.05) is 38.1 Å². The zero-order chi connectivity index (χ0) is 13.1. The lowest BCUT2D eigenvalue weighted by Crippen LogP contribution is -2.36. The molecule has 5 heteroatoms. The van der Waals surface area contributed by atoms with Gasteiger partial charge in [-0.3, -0.25) is 4.79 Å². The van der Waals surface area contributed by atoms with Crippen LogP contribution in [-0.2, 0) is 6.54 Å². The van der Waals surface area contributed by atoms with Gasteiger partial charge in [-0.05, 0) is 26.9 Å². The molecular weight excluding hydrogens is 228 g/mol. The minimum atomic E-state index is 0.0276. The molecule has 1 unspecified atom stereocenters. The van der Waals surface area contributed by atoms with E-state index in [1.165, 1.54) is 0 Å². The molecule has 5 nitrogen and oxygen atoms in total. The van der Waals surface area contributed by atoms with Crippen LogP contribution in [0.5, 0.6) is 0 Å². The number of nitrogens with zero attached hydrogens (tertiary/aromatic N) is 4. The van der Waals surface area contributed by atoms with Gasteiger partial charge in [0.05, 0.1) is 0 Å². The second kappa shape index (κ2) is 5.52. The molecule has 1 atom stereocenters. The number of rotatable bonds is 4. The minimum Gasteiger partial charge on any atom is -0.350 e. The number of aromatic nitrogens is 2. The molecule has 0 radical (unpaired) electrons. The summed E-state index contributed by atoms with van der Waals surface area (Å²) in [5.41, 5.74) is 0.0276. The summed E-state index contributed by atoms with van der Waals surface area (Å²) in [5, 5.41) is 0. The summed E-state index contributed by atoms with van der Waals surface area (Å²) in [6.45, 7) is 7.70. The van der Waals surface area contributed by atoms with Crippen molar-refractivity contribution < 1.29 is 0 Å². The van der Waals surface area contributed by atoms with E-state index < -0.39 is 0 Å². The summed E-state index contributed by atoms with van der Waals surface area (Å²) >= 11 is 0. The number of anilines is 1. The van der Waals surface area contributed by atoms with Crippen LogP contribution in [-0.4, -0.2) is 47.2 Å². The van der Waals surface area contributed by atoms with E-state index in [4.69, 9.17) is 0 Å². The largest absolute Gasteiger partial charge is 0.350 e. The molecule has 0 spiro atoms. The van der Waals surface area contributed by atoms with Crippen LogP contribution in [0.15, 0.2) is 17.2 Å². The zero-order valence-corrected chi connectivity index (χ0v) is 11.5. The van der Waals surface area contributed by atoms with E-state index in [1.54, 1.807) is 17.0 Å². The summed E-state index contributed by atoms with van der Waals surface area (Å²) in [7, 11) is 2.14. The first-order valence-corrected chi connectivity index (χ1v) is 6.68. The molecule has 0 aromatic carbocycles. The molecule has 1 aromatic rings. The second-order valence-electron chi connectivity index (χ2n) is 4.80. The second-order valence-corrected chi connectivity index (χ2v) is 4.80. The lowest BCUT2D eigenvalue weighted by atomic mass is 10.2. The van der Waals surface area contributed by atoms with Gasteiger partial charge in [0.2, 0.25) is 0 Å². The normalized spacial score (nSPS) is 19.8. The molecule has 0 amide bonds. The Hall–Kier alpha value is -1.36. The summed E-state index contributed by atoms with van der Waals surface area (Å²) in [6.07, 6.45) is 4.57. The number of hydrogen-bond acceptors (Lipinski definition) is 4. The topological polar surface area (TPSA) is 41.4 Å². The van der Waals surface area contributed by atoms with E-state index in [0.717, 1.165) is 26.1 Å². The number of aryl methyl sites for hydroxylation is 1. The van der Waals surface area contributed by atoms with Crippen LogP contribution in [0.1, 0.15) is 20.3 Å². The van der Waals surface area contributed by atoms with Gasteiger partial charge in [-0.1, -0.05) is 6.92 Å². The van der Waals surface area contributed by atoms with Crippen LogP contribution >= 0.6 is 0 Å². The quantitative estimate of drug-likeness (QED) is 0.792. The summed E-state index contributed by atoms with van der Waals surface area (Å²) in [5.74, 6) is 0.603. The Bertz CT molecular complexity index is 457. The zero-order valence-electron chi connectivity index (χ0n) is 11.5. The monoisotopic (exact) mass is 250 g/mol. The average molecular weight is 250 g/mol. The molecule has 1 saturated heterocycles. The van der Waals surface area contributed by atoms with E-state index in [9.17, 15) is 4.79 Å². The molecule has 0 bridgehead atoms. The van der Waals surface area contributed by atoms with Gasteiger partial charge in [0.15, 0.2) is 5.82 Å². The van der Waals surface area contributed by atoms with Gasteiger partial charge in [-0.2, -0.15) is 0 Å². The van der Waals surface area contributed by atoms with Crippen molar-refractivity contribution >= 4 is 5.82 Å². The van der Waals surface area contributed by atoms with Crippen LogP contribution in [0.4, 0.5) is 5.82 Å². The molecule has 1 aliphatic rings. The summed E-state index contributed by atoms with van der Waals surface area (Å²) in [4.78, 5) is 20.9. The van der Waals surface area contributed by atoms with Crippen molar-refractivity contribution in [2.24, 2.45) is 0 Å². The van der Waals surface area contributed by atoms with Gasteiger partial charge in [0.25, 0.3) is 5.56 Å². The Kier molecular flexibility index (Phi) is 4.01. The molecule has 0 saturated carbocycles. The first kappa shape index (κ1) is 13.1. The van der Waals surface area contributed by atoms with Crippen molar-refractivity contribution in [3.05, 3.63) is 22.7 Å². The van der Waals surface area contributed by atoms with Crippen LogP contribution in [0.25, 0.3) is 0 Å². The summed E-state index contributed by atoms with van der Waals surface area (Å²) in [6, 6.07) is 0.534. The van der Waals surface area contributed by atoms with E-state index in [-0.39, 0.29) is 5.56 Å². The molecule has 1 aromatic heterocycles. The fourth-order valence-corrected chi connectivity index (χ4v) is 2.45. The van der Waals surface area contributed by atoms with Crippen molar-refractivity contribution in [2.45, 2.75) is 32.9 Å². The predicted octanol–water partition coefficient (Wildman–Crippen LogP) is 0.794. The highest BCUT2D eigenvalue weighted by Gasteiger charge is 2.27. The van der Waals surface area contributed by atoms with E-state index in [0.29, 0.717) is 18.4 Å². The highest BCUT2D eigenvalue weighted by molar-refractivity contribution is 5.37. The summed E-state index contributed by atoms with van der Waals surface area (Å²) < 4.78 is 1.71. The molecular formula is C13H22N4O. The van der Waals surface area contributed by atoms with Crippen molar-refractivity contribution in [2.75, 3.05) is 31.6 Å². The van der Waals surface area contributed by atoms with Crippen molar-refractivity contribution in [1.82, 2.24) is 14.5 Å². The average Bonchev–Trinajstić information content (AvgIpc) is 2.87. The maximum atomic E-state index is 12.2. The Labute approximate surface area is 108 Å². The standard InChI is InChI=1S/C13H22N4O/c1-4-15(3)11-6-8-17(10-11)12-13(18)16(5-2)9-7-14-12/h7,9,11H,4-6,8,10H2,1-3H3. The number of hydrogen-bond donors (Lipinski definition) is 0. The number of likely N-dealkylation sites (N-methyl/N-ethyl adjacent to an activating group) is 1. The Morgan fingerprint density at radius 3 is 2.94 bits per heavy atom. The van der Waals surface area contributed by atoms with Crippen LogP contribution in [0, 0.1) is 0 Å². The lowest BCUT2D eigenvalue weighted by molar-refractivity contribution is 0.272. The molecule has 0 aliphatic carbocycles. The molecule has 0 N–H and O–H groups in total. The molecule has 2 heterocycles. The minimum absolute atomic E-state index is 0.0276. The van der Waals surface area contributed by atoms with E-state index in [2.05, 4.69) is 28.8 Å². The molecule has 18 heavy (non-hydrogen) atoms. The Balaban J connectivity index is 2.17. The SMILES string of the molecule is CCN(C)C1CCN(c2nccn(CC)c2=O)C1. The van der Waals surface area contributed by atoms with Gasteiger partial charge < -0.3 is 14.4 Å². The molecule has 100 valence electrons. The molecule has 1 fully saturated rings. The fourth-order valence-electron chi connectivity index (χ4n) is 2.45.